The van der Waals surface area contributed by atoms with E-state index in [9.17, 15) is 19.5 Å². The number of aliphatic carboxylic acids is 1. The molecule has 0 bridgehead atoms. The van der Waals surface area contributed by atoms with E-state index in [2.05, 4.69) is 0 Å². The third-order valence-corrected chi connectivity index (χ3v) is 5.84. The molecule has 1 fully saturated rings. The molecule has 3 heterocycles. The molecular weight excluding hydrogens is 328 g/mol. The lowest BCUT2D eigenvalue weighted by atomic mass is 10.1. The zero-order chi connectivity index (χ0) is 15.9. The van der Waals surface area contributed by atoms with Crippen LogP contribution in [0, 0.1) is 0 Å². The van der Waals surface area contributed by atoms with Crippen molar-refractivity contribution in [1.82, 2.24) is 4.90 Å². The van der Waals surface area contributed by atoms with Crippen LogP contribution in [0.2, 0.25) is 0 Å². The third-order valence-electron chi connectivity index (χ3n) is 3.40. The predicted octanol–water partition coefficient (Wildman–Crippen LogP) is 0.734. The predicted molar refractivity (Wildman–Crippen MR) is 81.2 cm³/mol. The highest BCUT2D eigenvalue weighted by Gasteiger charge is 2.49. The SMILES string of the molecule is N[C@H]1C(=O)N2CC(CSC(=O)c3ccco3)=C(C(=O)O)S[C@@H]12. The maximum Gasteiger partial charge on any atom is 0.342 e. The lowest BCUT2D eigenvalue weighted by molar-refractivity contribution is -0.144. The Bertz CT molecular complexity index is 670. The number of β-lactam (4-membered cyclic amide) rings is 1. The Balaban J connectivity index is 1.73. The highest BCUT2D eigenvalue weighted by atomic mass is 32.2. The first kappa shape index (κ1) is 15.2. The molecule has 0 radical (unpaired) electrons. The molecule has 0 spiro atoms. The third kappa shape index (κ3) is 2.55. The summed E-state index contributed by atoms with van der Waals surface area (Å²) in [6.45, 7) is 0.199. The standard InChI is InChI=1S/C13H12N2O5S2/c14-8-10(16)15-4-6(9(12(17)18)22-11(8)15)5-21-13(19)7-2-1-3-20-7/h1-3,8,11H,4-5,14H2,(H,17,18)/t8-,11-/m0/s1. The number of thioether (sulfide) groups is 2. The summed E-state index contributed by atoms with van der Waals surface area (Å²) < 4.78 is 5.00. The first-order chi connectivity index (χ1) is 10.5. The number of nitrogens with zero attached hydrogens (tertiary/aromatic N) is 1. The van der Waals surface area contributed by atoms with Crippen LogP contribution >= 0.6 is 23.5 Å². The molecule has 1 saturated heterocycles. The highest BCUT2D eigenvalue weighted by molar-refractivity contribution is 8.14. The molecule has 2 atom stereocenters. The first-order valence-electron chi connectivity index (χ1n) is 6.37. The Kier molecular flexibility index (Phi) is 4.02. The number of carbonyl (C=O) groups excluding carboxylic acids is 2. The average Bonchev–Trinajstić information content (AvgIpc) is 3.05. The zero-order valence-electron chi connectivity index (χ0n) is 11.2. The molecule has 1 amide bonds. The largest absolute Gasteiger partial charge is 0.477 e. The van der Waals surface area contributed by atoms with E-state index in [4.69, 9.17) is 10.2 Å². The van der Waals surface area contributed by atoms with Gasteiger partial charge in [0.2, 0.25) is 5.91 Å². The number of carboxylic acids is 1. The highest BCUT2D eigenvalue weighted by Crippen LogP contribution is 2.41. The van der Waals surface area contributed by atoms with Crippen molar-refractivity contribution in [2.24, 2.45) is 5.73 Å². The van der Waals surface area contributed by atoms with E-state index in [0.717, 1.165) is 23.5 Å². The number of furan rings is 1. The van der Waals surface area contributed by atoms with Crippen molar-refractivity contribution in [3.05, 3.63) is 34.6 Å². The quantitative estimate of drug-likeness (QED) is 0.771. The summed E-state index contributed by atoms with van der Waals surface area (Å²) in [4.78, 5) is 36.6. The number of hydrogen-bond donors (Lipinski definition) is 2. The van der Waals surface area contributed by atoms with E-state index in [1.54, 1.807) is 12.1 Å². The van der Waals surface area contributed by atoms with Gasteiger partial charge in [-0.2, -0.15) is 0 Å². The van der Waals surface area contributed by atoms with Crippen molar-refractivity contribution in [2.45, 2.75) is 11.4 Å². The number of hydrogen-bond acceptors (Lipinski definition) is 7. The van der Waals surface area contributed by atoms with Crippen LogP contribution in [0.1, 0.15) is 10.6 Å². The summed E-state index contributed by atoms with van der Waals surface area (Å²) in [7, 11) is 0. The van der Waals surface area contributed by atoms with Crippen molar-refractivity contribution < 1.29 is 23.9 Å². The molecule has 1 aromatic rings. The van der Waals surface area contributed by atoms with Gasteiger partial charge in [-0.05, 0) is 17.7 Å². The van der Waals surface area contributed by atoms with Gasteiger partial charge in [-0.1, -0.05) is 23.5 Å². The Morgan fingerprint density at radius 3 is 2.95 bits per heavy atom. The van der Waals surface area contributed by atoms with E-state index in [1.165, 1.54) is 11.2 Å². The molecule has 116 valence electrons. The van der Waals surface area contributed by atoms with Gasteiger partial charge >= 0.3 is 5.97 Å². The van der Waals surface area contributed by atoms with Crippen molar-refractivity contribution in [1.29, 1.82) is 0 Å². The Morgan fingerprint density at radius 2 is 2.32 bits per heavy atom. The van der Waals surface area contributed by atoms with Crippen LogP contribution in [-0.4, -0.2) is 50.7 Å². The minimum Gasteiger partial charge on any atom is -0.477 e. The van der Waals surface area contributed by atoms with Gasteiger partial charge in [0.25, 0.3) is 5.12 Å². The summed E-state index contributed by atoms with van der Waals surface area (Å²) in [6.07, 6.45) is 1.40. The number of fused-ring (bicyclic) bond motifs is 1. The molecule has 2 aliphatic rings. The Morgan fingerprint density at radius 1 is 1.55 bits per heavy atom. The van der Waals surface area contributed by atoms with E-state index < -0.39 is 12.0 Å². The molecule has 2 aliphatic heterocycles. The monoisotopic (exact) mass is 340 g/mol. The number of nitrogens with two attached hydrogens (primary N) is 1. The molecule has 3 rings (SSSR count). The van der Waals surface area contributed by atoms with E-state index >= 15 is 0 Å². The fourth-order valence-corrected chi connectivity index (χ4v) is 4.37. The molecule has 7 nitrogen and oxygen atoms in total. The van der Waals surface area contributed by atoms with Gasteiger partial charge in [-0.3, -0.25) is 9.59 Å². The van der Waals surface area contributed by atoms with Gasteiger partial charge in [0.1, 0.15) is 11.4 Å². The summed E-state index contributed by atoms with van der Waals surface area (Å²) >= 11 is 2.03. The summed E-state index contributed by atoms with van der Waals surface area (Å²) in [6, 6.07) is 2.50. The number of amides is 1. The van der Waals surface area contributed by atoms with Crippen molar-refractivity contribution in [3.8, 4) is 0 Å². The van der Waals surface area contributed by atoms with Crippen molar-refractivity contribution in [2.75, 3.05) is 12.3 Å². The minimum absolute atomic E-state index is 0.170. The second-order valence-corrected chi connectivity index (χ2v) is 6.87. The van der Waals surface area contributed by atoms with Gasteiger partial charge in [-0.25, -0.2) is 4.79 Å². The molecular formula is C13H12N2O5S2. The van der Waals surface area contributed by atoms with Crippen molar-refractivity contribution >= 4 is 40.5 Å². The molecule has 1 aromatic heterocycles. The lowest BCUT2D eigenvalue weighted by Crippen LogP contribution is -2.68. The van der Waals surface area contributed by atoms with Crippen LogP contribution in [0.3, 0.4) is 0 Å². The van der Waals surface area contributed by atoms with Gasteiger partial charge in [0.05, 0.1) is 11.2 Å². The van der Waals surface area contributed by atoms with Crippen LogP contribution < -0.4 is 5.73 Å². The zero-order valence-corrected chi connectivity index (χ0v) is 12.9. The van der Waals surface area contributed by atoms with Crippen LogP contribution in [0.4, 0.5) is 0 Å². The smallest absolute Gasteiger partial charge is 0.342 e. The normalized spacial score (nSPS) is 24.0. The van der Waals surface area contributed by atoms with Crippen LogP contribution in [0.25, 0.3) is 0 Å². The van der Waals surface area contributed by atoms with Gasteiger partial charge in [0.15, 0.2) is 5.76 Å². The van der Waals surface area contributed by atoms with Crippen LogP contribution in [-0.2, 0) is 9.59 Å². The molecule has 3 N–H and O–H groups in total. The van der Waals surface area contributed by atoms with E-state index in [0.29, 0.717) is 5.57 Å². The summed E-state index contributed by atoms with van der Waals surface area (Å²) in [5, 5.41) is 8.70. The Labute approximate surface area is 133 Å². The molecule has 22 heavy (non-hydrogen) atoms. The molecule has 0 aromatic carbocycles. The van der Waals surface area contributed by atoms with Gasteiger partial charge in [0, 0.05) is 12.3 Å². The fourth-order valence-electron chi connectivity index (χ4n) is 2.27. The van der Waals surface area contributed by atoms with Crippen molar-refractivity contribution in [3.63, 3.8) is 0 Å². The molecule has 0 unspecified atom stereocenters. The van der Waals surface area contributed by atoms with E-state index in [-0.39, 0.29) is 39.4 Å². The Hall–Kier alpha value is -1.71. The maximum atomic E-state index is 11.9. The van der Waals surface area contributed by atoms with Gasteiger partial charge in [-0.15, -0.1) is 0 Å². The number of carbonyl (C=O) groups is 3. The first-order valence-corrected chi connectivity index (χ1v) is 8.24. The second kappa shape index (κ2) is 5.82. The molecule has 0 aliphatic carbocycles. The second-order valence-electron chi connectivity index (χ2n) is 4.79. The van der Waals surface area contributed by atoms with Gasteiger partial charge < -0.3 is 20.2 Å². The molecule has 0 saturated carbocycles. The van der Waals surface area contributed by atoms with Crippen LogP contribution in [0.5, 0.6) is 0 Å². The van der Waals surface area contributed by atoms with E-state index in [1.807, 2.05) is 0 Å². The average molecular weight is 340 g/mol. The number of carboxylic acid groups (broad SMARTS) is 1. The minimum atomic E-state index is -1.06. The number of rotatable bonds is 4. The molecule has 9 heteroatoms. The lowest BCUT2D eigenvalue weighted by Gasteiger charge is -2.48. The topological polar surface area (TPSA) is 114 Å². The fraction of sp³-hybridized carbons (Fsp3) is 0.308. The summed E-state index contributed by atoms with van der Waals surface area (Å²) in [5.74, 6) is -0.843. The maximum absolute atomic E-state index is 11.9. The summed E-state index contributed by atoms with van der Waals surface area (Å²) in [5.41, 5.74) is 6.21. The van der Waals surface area contributed by atoms with Crippen LogP contribution in [0.15, 0.2) is 33.3 Å².